The minimum absolute atomic E-state index is 0.144. The maximum atomic E-state index is 11.3. The molecule has 0 radical (unpaired) electrons. The van der Waals surface area contributed by atoms with Gasteiger partial charge in [0, 0.05) is 19.5 Å². The van der Waals surface area contributed by atoms with Crippen LogP contribution < -0.4 is 10.6 Å². The monoisotopic (exact) mass is 228 g/mol. The molecule has 1 unspecified atom stereocenters. The van der Waals surface area contributed by atoms with E-state index in [1.54, 1.807) is 0 Å². The van der Waals surface area contributed by atoms with Gasteiger partial charge in [0.05, 0.1) is 0 Å². The summed E-state index contributed by atoms with van der Waals surface area (Å²) in [6, 6.07) is -0.144. The number of amides is 2. The van der Waals surface area contributed by atoms with Crippen LogP contribution in [-0.4, -0.2) is 30.2 Å². The molecule has 5 heteroatoms. The van der Waals surface area contributed by atoms with Crippen LogP contribution in [0.3, 0.4) is 0 Å². The lowest BCUT2D eigenvalue weighted by molar-refractivity contribution is -0.137. The second-order valence-corrected chi connectivity index (χ2v) is 4.57. The van der Waals surface area contributed by atoms with Crippen molar-refractivity contribution in [3.05, 3.63) is 0 Å². The van der Waals surface area contributed by atoms with Gasteiger partial charge in [0.25, 0.3) is 0 Å². The first-order chi connectivity index (χ1) is 7.58. The Labute approximate surface area is 95.6 Å². The summed E-state index contributed by atoms with van der Waals surface area (Å²) in [5, 5.41) is 14.0. The Morgan fingerprint density at radius 1 is 1.38 bits per heavy atom. The third kappa shape index (κ3) is 6.27. The zero-order valence-electron chi connectivity index (χ0n) is 9.66. The molecule has 1 fully saturated rings. The van der Waals surface area contributed by atoms with E-state index in [4.69, 9.17) is 5.11 Å². The van der Waals surface area contributed by atoms with Crippen molar-refractivity contribution < 1.29 is 14.7 Å². The molecule has 0 aromatic rings. The fraction of sp³-hybridized carbons (Fsp3) is 0.818. The smallest absolute Gasteiger partial charge is 0.314 e. The summed E-state index contributed by atoms with van der Waals surface area (Å²) in [6.45, 7) is 3.23. The van der Waals surface area contributed by atoms with Crippen molar-refractivity contribution in [1.29, 1.82) is 0 Å². The van der Waals surface area contributed by atoms with Gasteiger partial charge in [-0.05, 0) is 31.1 Å². The maximum Gasteiger partial charge on any atom is 0.314 e. The summed E-state index contributed by atoms with van der Waals surface area (Å²) >= 11 is 0. The number of hydrogen-bond donors (Lipinski definition) is 3. The highest BCUT2D eigenvalue weighted by Crippen LogP contribution is 2.27. The molecule has 0 aliphatic heterocycles. The molecule has 0 aromatic heterocycles. The lowest BCUT2D eigenvalue weighted by Gasteiger charge is -2.12. The van der Waals surface area contributed by atoms with Crippen molar-refractivity contribution in [3.63, 3.8) is 0 Å². The molecule has 92 valence electrons. The lowest BCUT2D eigenvalue weighted by atomic mass is 10.1. The molecular weight excluding hydrogens is 208 g/mol. The molecule has 0 aromatic carbocycles. The molecular formula is C11H20N2O3. The first kappa shape index (κ1) is 12.8. The molecule has 0 heterocycles. The van der Waals surface area contributed by atoms with Crippen molar-refractivity contribution >= 4 is 12.0 Å². The van der Waals surface area contributed by atoms with Crippen molar-refractivity contribution in [3.8, 4) is 0 Å². The summed E-state index contributed by atoms with van der Waals surface area (Å²) in [5.74, 6) is 0.0861. The predicted molar refractivity (Wildman–Crippen MR) is 60.2 cm³/mol. The van der Waals surface area contributed by atoms with E-state index in [0.29, 0.717) is 18.9 Å². The zero-order chi connectivity index (χ0) is 12.0. The second-order valence-electron chi connectivity index (χ2n) is 4.57. The molecule has 1 aliphatic carbocycles. The van der Waals surface area contributed by atoms with Crippen LogP contribution in [0.15, 0.2) is 0 Å². The molecule has 1 rings (SSSR count). The molecule has 1 atom stereocenters. The Bertz CT molecular complexity index is 252. The van der Waals surface area contributed by atoms with Gasteiger partial charge < -0.3 is 15.7 Å². The van der Waals surface area contributed by atoms with Gasteiger partial charge in [0.2, 0.25) is 0 Å². The average Bonchev–Trinajstić information content (AvgIpc) is 3.04. The van der Waals surface area contributed by atoms with Crippen LogP contribution in [0.2, 0.25) is 0 Å². The molecule has 0 spiro atoms. The summed E-state index contributed by atoms with van der Waals surface area (Å²) in [6.07, 6.45) is 3.19. The quantitative estimate of drug-likeness (QED) is 0.612. The molecule has 1 aliphatic rings. The van der Waals surface area contributed by atoms with Gasteiger partial charge >= 0.3 is 12.0 Å². The number of nitrogens with one attached hydrogen (secondary N) is 2. The molecule has 16 heavy (non-hydrogen) atoms. The Morgan fingerprint density at radius 3 is 2.62 bits per heavy atom. The lowest BCUT2D eigenvalue weighted by Crippen LogP contribution is -2.38. The fourth-order valence-electron chi connectivity index (χ4n) is 1.36. The van der Waals surface area contributed by atoms with Gasteiger partial charge in [-0.2, -0.15) is 0 Å². The van der Waals surface area contributed by atoms with Crippen LogP contribution in [0.25, 0.3) is 0 Å². The van der Waals surface area contributed by atoms with Crippen LogP contribution >= 0.6 is 0 Å². The van der Waals surface area contributed by atoms with Crippen LogP contribution in [0, 0.1) is 11.8 Å². The molecule has 3 N–H and O–H groups in total. The number of carboxylic acids is 1. The minimum Gasteiger partial charge on any atom is -0.481 e. The first-order valence-electron chi connectivity index (χ1n) is 5.81. The fourth-order valence-corrected chi connectivity index (χ4v) is 1.36. The van der Waals surface area contributed by atoms with Crippen molar-refractivity contribution in [2.24, 2.45) is 11.8 Å². The number of hydrogen-bond acceptors (Lipinski definition) is 2. The number of carbonyl (C=O) groups excluding carboxylic acids is 1. The average molecular weight is 228 g/mol. The maximum absolute atomic E-state index is 11.3. The summed E-state index contributed by atoms with van der Waals surface area (Å²) < 4.78 is 0. The van der Waals surface area contributed by atoms with Gasteiger partial charge in [-0.15, -0.1) is 0 Å². The van der Waals surface area contributed by atoms with Gasteiger partial charge in [-0.25, -0.2) is 4.79 Å². The number of carbonyl (C=O) groups is 2. The molecule has 1 saturated carbocycles. The third-order valence-electron chi connectivity index (χ3n) is 2.71. The van der Waals surface area contributed by atoms with E-state index >= 15 is 0 Å². The van der Waals surface area contributed by atoms with Crippen LogP contribution in [-0.2, 0) is 4.79 Å². The summed E-state index contributed by atoms with van der Waals surface area (Å²) in [4.78, 5) is 21.6. The van der Waals surface area contributed by atoms with Crippen LogP contribution in [0.5, 0.6) is 0 Å². The summed E-state index contributed by atoms with van der Waals surface area (Å²) in [5.41, 5.74) is 0. The zero-order valence-corrected chi connectivity index (χ0v) is 9.66. The van der Waals surface area contributed by atoms with E-state index in [1.807, 2.05) is 6.92 Å². The van der Waals surface area contributed by atoms with Gasteiger partial charge in [-0.3, -0.25) is 4.79 Å². The normalized spacial score (nSPS) is 16.6. The number of aliphatic carboxylic acids is 1. The number of rotatable bonds is 7. The standard InChI is InChI=1S/C11H20N2O3/c1-8(2-5-10(14)15)6-12-11(16)13-7-9-3-4-9/h8-9H,2-7H2,1H3,(H,14,15)(H2,12,13,16). The highest BCUT2D eigenvalue weighted by molar-refractivity contribution is 5.73. The van der Waals surface area contributed by atoms with Crippen molar-refractivity contribution in [1.82, 2.24) is 10.6 Å². The van der Waals surface area contributed by atoms with Gasteiger partial charge in [0.1, 0.15) is 0 Å². The van der Waals surface area contributed by atoms with Crippen LogP contribution in [0.4, 0.5) is 4.79 Å². The Balaban J connectivity index is 1.98. The summed E-state index contributed by atoms with van der Waals surface area (Å²) in [7, 11) is 0. The number of urea groups is 1. The second kappa shape index (κ2) is 6.35. The Morgan fingerprint density at radius 2 is 2.06 bits per heavy atom. The van der Waals surface area contributed by atoms with E-state index in [9.17, 15) is 9.59 Å². The molecule has 0 bridgehead atoms. The molecule has 5 nitrogen and oxygen atoms in total. The van der Waals surface area contributed by atoms with Gasteiger partial charge in [-0.1, -0.05) is 6.92 Å². The minimum atomic E-state index is -0.787. The highest BCUT2D eigenvalue weighted by Gasteiger charge is 2.21. The SMILES string of the molecule is CC(CCC(=O)O)CNC(=O)NCC1CC1. The largest absolute Gasteiger partial charge is 0.481 e. The third-order valence-corrected chi connectivity index (χ3v) is 2.71. The first-order valence-corrected chi connectivity index (χ1v) is 5.81. The Hall–Kier alpha value is -1.26. The van der Waals surface area contributed by atoms with E-state index < -0.39 is 5.97 Å². The van der Waals surface area contributed by atoms with Crippen LogP contribution in [0.1, 0.15) is 32.6 Å². The van der Waals surface area contributed by atoms with E-state index in [2.05, 4.69) is 10.6 Å². The molecule has 2 amide bonds. The van der Waals surface area contributed by atoms with Crippen molar-refractivity contribution in [2.45, 2.75) is 32.6 Å². The number of carboxylic acid groups (broad SMARTS) is 1. The van der Waals surface area contributed by atoms with Crippen molar-refractivity contribution in [2.75, 3.05) is 13.1 Å². The van der Waals surface area contributed by atoms with E-state index in [0.717, 1.165) is 6.54 Å². The highest BCUT2D eigenvalue weighted by atomic mass is 16.4. The van der Waals surface area contributed by atoms with E-state index in [1.165, 1.54) is 12.8 Å². The topological polar surface area (TPSA) is 78.4 Å². The Kier molecular flexibility index (Phi) is 5.08. The molecule has 0 saturated heterocycles. The van der Waals surface area contributed by atoms with E-state index in [-0.39, 0.29) is 18.4 Å². The van der Waals surface area contributed by atoms with Gasteiger partial charge in [0.15, 0.2) is 0 Å². The predicted octanol–water partition coefficient (Wildman–Crippen LogP) is 1.20.